The summed E-state index contributed by atoms with van der Waals surface area (Å²) in [5.74, 6) is 1.16. The predicted octanol–water partition coefficient (Wildman–Crippen LogP) is 3.05. The quantitative estimate of drug-likeness (QED) is 0.763. The molecule has 6 heteroatoms. The highest BCUT2D eigenvalue weighted by Crippen LogP contribution is 2.18. The van der Waals surface area contributed by atoms with Gasteiger partial charge in [-0.05, 0) is 42.7 Å². The van der Waals surface area contributed by atoms with Crippen molar-refractivity contribution in [2.75, 3.05) is 20.2 Å². The summed E-state index contributed by atoms with van der Waals surface area (Å²) in [4.78, 5) is 18.4. The van der Waals surface area contributed by atoms with Crippen LogP contribution in [0.4, 0.5) is 0 Å². The number of nitriles is 1. The molecule has 2 aromatic rings. The lowest BCUT2D eigenvalue weighted by Gasteiger charge is -2.32. The zero-order chi connectivity index (χ0) is 19.1. The van der Waals surface area contributed by atoms with Crippen molar-refractivity contribution < 1.29 is 14.3 Å². The molecule has 2 heterocycles. The first-order chi connectivity index (χ1) is 13.2. The Morgan fingerprint density at radius 3 is 2.89 bits per heavy atom. The average molecular weight is 363 g/mol. The summed E-state index contributed by atoms with van der Waals surface area (Å²) in [5.41, 5.74) is 1.44. The highest BCUT2D eigenvalue weighted by Gasteiger charge is 2.24. The molecule has 0 radical (unpaired) electrons. The summed E-state index contributed by atoms with van der Waals surface area (Å²) in [5, 5.41) is 8.96. The number of piperidine rings is 1. The summed E-state index contributed by atoms with van der Waals surface area (Å²) in [6.07, 6.45) is 6.52. The largest absolute Gasteiger partial charge is 0.497 e. The molecule has 1 saturated heterocycles. The smallest absolute Gasteiger partial charge is 0.246 e. The molecule has 1 aliphatic rings. The highest BCUT2D eigenvalue weighted by molar-refractivity contribution is 5.91. The Morgan fingerprint density at radius 2 is 2.15 bits per heavy atom. The molecule has 0 saturated carbocycles. The van der Waals surface area contributed by atoms with Gasteiger partial charge in [-0.3, -0.25) is 4.79 Å². The van der Waals surface area contributed by atoms with Gasteiger partial charge in [0, 0.05) is 24.9 Å². The van der Waals surface area contributed by atoms with Crippen LogP contribution in [0.15, 0.2) is 48.7 Å². The van der Waals surface area contributed by atoms with E-state index in [0.29, 0.717) is 24.5 Å². The summed E-state index contributed by atoms with van der Waals surface area (Å²) in [6.45, 7) is 1.21. The standard InChI is InChI=1S/C21H21N3O3/c1-26-18-7-4-16(5-8-18)6-9-21(25)24-12-2-3-19(15-24)27-20-13-17(14-22)10-11-23-20/h4-11,13,19H,2-3,12,15H2,1H3/b9-6+/t19-/m0/s1. The fourth-order valence-corrected chi connectivity index (χ4v) is 2.94. The van der Waals surface area contributed by atoms with E-state index in [9.17, 15) is 4.79 Å². The van der Waals surface area contributed by atoms with Crippen molar-refractivity contribution >= 4 is 12.0 Å². The van der Waals surface area contributed by atoms with E-state index in [1.807, 2.05) is 24.3 Å². The van der Waals surface area contributed by atoms with Crippen LogP contribution in [0.5, 0.6) is 11.6 Å². The van der Waals surface area contributed by atoms with Crippen LogP contribution < -0.4 is 9.47 Å². The third-order valence-corrected chi connectivity index (χ3v) is 4.38. The monoisotopic (exact) mass is 363 g/mol. The minimum absolute atomic E-state index is 0.0437. The van der Waals surface area contributed by atoms with Crippen molar-refractivity contribution in [2.45, 2.75) is 18.9 Å². The molecule has 0 N–H and O–H groups in total. The molecule has 1 fully saturated rings. The van der Waals surface area contributed by atoms with Crippen molar-refractivity contribution in [3.05, 3.63) is 59.8 Å². The molecule has 1 amide bonds. The van der Waals surface area contributed by atoms with E-state index in [-0.39, 0.29) is 12.0 Å². The third kappa shape index (κ3) is 5.08. The molecule has 138 valence electrons. The average Bonchev–Trinajstić information content (AvgIpc) is 2.72. The van der Waals surface area contributed by atoms with Crippen LogP contribution >= 0.6 is 0 Å². The number of aromatic nitrogens is 1. The lowest BCUT2D eigenvalue weighted by atomic mass is 10.1. The number of methoxy groups -OCH3 is 1. The van der Waals surface area contributed by atoms with Crippen LogP contribution in [0.25, 0.3) is 6.08 Å². The maximum atomic E-state index is 12.5. The van der Waals surface area contributed by atoms with Crippen LogP contribution in [0.1, 0.15) is 24.0 Å². The number of likely N-dealkylation sites (tertiary alicyclic amines) is 1. The van der Waals surface area contributed by atoms with Crippen molar-refractivity contribution in [1.29, 1.82) is 5.26 Å². The van der Waals surface area contributed by atoms with Gasteiger partial charge < -0.3 is 14.4 Å². The van der Waals surface area contributed by atoms with Gasteiger partial charge in [0.25, 0.3) is 0 Å². The zero-order valence-electron chi connectivity index (χ0n) is 15.2. The number of benzene rings is 1. The molecule has 0 bridgehead atoms. The molecule has 0 spiro atoms. The fourth-order valence-electron chi connectivity index (χ4n) is 2.94. The number of hydrogen-bond donors (Lipinski definition) is 0. The van der Waals surface area contributed by atoms with Crippen molar-refractivity contribution in [1.82, 2.24) is 9.88 Å². The number of pyridine rings is 1. The van der Waals surface area contributed by atoms with Crippen molar-refractivity contribution in [3.8, 4) is 17.7 Å². The van der Waals surface area contributed by atoms with Gasteiger partial charge in [0.05, 0.1) is 25.3 Å². The van der Waals surface area contributed by atoms with E-state index in [2.05, 4.69) is 11.1 Å². The number of carbonyl (C=O) groups is 1. The van der Waals surface area contributed by atoms with Gasteiger partial charge in [0.1, 0.15) is 11.9 Å². The Labute approximate surface area is 158 Å². The predicted molar refractivity (Wildman–Crippen MR) is 101 cm³/mol. The van der Waals surface area contributed by atoms with Crippen molar-refractivity contribution in [3.63, 3.8) is 0 Å². The molecule has 1 aliphatic heterocycles. The van der Waals surface area contributed by atoms with Crippen LogP contribution in [0, 0.1) is 11.3 Å². The molecule has 1 aromatic carbocycles. The van der Waals surface area contributed by atoms with Gasteiger partial charge in [-0.15, -0.1) is 0 Å². The van der Waals surface area contributed by atoms with E-state index in [0.717, 1.165) is 24.2 Å². The summed E-state index contributed by atoms with van der Waals surface area (Å²) >= 11 is 0. The molecule has 0 unspecified atom stereocenters. The van der Waals surface area contributed by atoms with Crippen molar-refractivity contribution in [2.24, 2.45) is 0 Å². The first-order valence-electron chi connectivity index (χ1n) is 8.82. The fraction of sp³-hybridized carbons (Fsp3) is 0.286. The Bertz CT molecular complexity index is 856. The number of hydrogen-bond acceptors (Lipinski definition) is 5. The minimum atomic E-state index is -0.126. The second kappa shape index (κ2) is 8.86. The SMILES string of the molecule is COc1ccc(/C=C/C(=O)N2CCC[C@H](Oc3cc(C#N)ccn3)C2)cc1. The zero-order valence-corrected chi connectivity index (χ0v) is 15.2. The molecule has 1 atom stereocenters. The molecule has 0 aliphatic carbocycles. The number of amides is 1. The van der Waals surface area contributed by atoms with Crippen LogP contribution in [-0.4, -0.2) is 42.1 Å². The van der Waals surface area contributed by atoms with Gasteiger partial charge in [0.15, 0.2) is 0 Å². The molecular formula is C21H21N3O3. The van der Waals surface area contributed by atoms with E-state index in [1.165, 1.54) is 0 Å². The first kappa shape index (κ1) is 18.5. The molecule has 27 heavy (non-hydrogen) atoms. The van der Waals surface area contributed by atoms with Crippen LogP contribution in [0.2, 0.25) is 0 Å². The minimum Gasteiger partial charge on any atom is -0.497 e. The summed E-state index contributed by atoms with van der Waals surface area (Å²) in [6, 6.07) is 12.8. The van der Waals surface area contributed by atoms with E-state index in [4.69, 9.17) is 14.7 Å². The Balaban J connectivity index is 1.58. The lowest BCUT2D eigenvalue weighted by molar-refractivity contribution is -0.128. The van der Waals surface area contributed by atoms with E-state index in [1.54, 1.807) is 42.5 Å². The Kier molecular flexibility index (Phi) is 6.06. The summed E-state index contributed by atoms with van der Waals surface area (Å²) in [7, 11) is 1.62. The lowest BCUT2D eigenvalue weighted by Crippen LogP contribution is -2.43. The van der Waals surface area contributed by atoms with Gasteiger partial charge in [0.2, 0.25) is 11.8 Å². The maximum Gasteiger partial charge on any atom is 0.246 e. The molecular weight excluding hydrogens is 342 g/mol. The number of ether oxygens (including phenoxy) is 2. The Morgan fingerprint density at radius 1 is 1.33 bits per heavy atom. The molecule has 3 rings (SSSR count). The number of rotatable bonds is 5. The highest BCUT2D eigenvalue weighted by atomic mass is 16.5. The maximum absolute atomic E-state index is 12.5. The second-order valence-corrected chi connectivity index (χ2v) is 6.27. The number of carbonyl (C=O) groups excluding carboxylic acids is 1. The molecule has 6 nitrogen and oxygen atoms in total. The Hall–Kier alpha value is -3.33. The third-order valence-electron chi connectivity index (χ3n) is 4.38. The first-order valence-corrected chi connectivity index (χ1v) is 8.82. The van der Waals surface area contributed by atoms with Gasteiger partial charge in [-0.2, -0.15) is 5.26 Å². The van der Waals surface area contributed by atoms with Crippen LogP contribution in [0.3, 0.4) is 0 Å². The van der Waals surface area contributed by atoms with Crippen LogP contribution in [-0.2, 0) is 4.79 Å². The summed E-state index contributed by atoms with van der Waals surface area (Å²) < 4.78 is 11.0. The second-order valence-electron chi connectivity index (χ2n) is 6.27. The van der Waals surface area contributed by atoms with Gasteiger partial charge >= 0.3 is 0 Å². The van der Waals surface area contributed by atoms with Gasteiger partial charge in [-0.1, -0.05) is 12.1 Å². The topological polar surface area (TPSA) is 75.4 Å². The van der Waals surface area contributed by atoms with Gasteiger partial charge in [-0.25, -0.2) is 4.98 Å². The number of nitrogens with zero attached hydrogens (tertiary/aromatic N) is 3. The van der Waals surface area contributed by atoms with E-state index >= 15 is 0 Å². The molecule has 1 aromatic heterocycles. The normalized spacial score (nSPS) is 16.7. The van der Waals surface area contributed by atoms with E-state index < -0.39 is 0 Å².